The number of nitrogens with two attached hydrogens (primary N) is 2. The Balaban J connectivity index is 2.36. The summed E-state index contributed by atoms with van der Waals surface area (Å²) in [7, 11) is 0. The van der Waals surface area contributed by atoms with Gasteiger partial charge in [-0.2, -0.15) is 9.67 Å². The molecule has 0 atom stereocenters. The fraction of sp³-hybridized carbons (Fsp3) is 0.111. The van der Waals surface area contributed by atoms with E-state index >= 15 is 0 Å². The van der Waals surface area contributed by atoms with Crippen molar-refractivity contribution in [2.24, 2.45) is 0 Å². The van der Waals surface area contributed by atoms with Gasteiger partial charge in [0.15, 0.2) is 0 Å². The van der Waals surface area contributed by atoms with E-state index in [1.165, 1.54) is 12.1 Å². The number of rotatable bonds is 2. The van der Waals surface area contributed by atoms with Gasteiger partial charge in [-0.15, -0.1) is 18.3 Å². The minimum absolute atomic E-state index is 0.0309. The molecular weight excluding hydrogens is 251 g/mol. The van der Waals surface area contributed by atoms with Gasteiger partial charge in [-0.05, 0) is 12.1 Å². The highest BCUT2D eigenvalue weighted by Gasteiger charge is 2.31. The maximum Gasteiger partial charge on any atom is 0.573 e. The van der Waals surface area contributed by atoms with Crippen LogP contribution in [-0.4, -0.2) is 21.1 Å². The highest BCUT2D eigenvalue weighted by atomic mass is 19.4. The number of hydrogen-bond acceptors (Lipinski definition) is 5. The summed E-state index contributed by atoms with van der Waals surface area (Å²) in [6.07, 6.45) is -4.76. The molecule has 1 aromatic carbocycles. The standard InChI is InChI=1S/C9H8F3N5O/c10-9(11,12)18-6-3-1-2-5(4-6)17-8(14)15-7(13)16-17/h1-4H,(H4,13,14,15,16). The molecule has 0 unspecified atom stereocenters. The van der Waals surface area contributed by atoms with Crippen molar-refractivity contribution in [1.82, 2.24) is 14.8 Å². The molecule has 0 amide bonds. The Morgan fingerprint density at radius 2 is 1.94 bits per heavy atom. The number of nitrogen functional groups attached to an aromatic ring is 2. The number of hydrogen-bond donors (Lipinski definition) is 2. The van der Waals surface area contributed by atoms with Crippen molar-refractivity contribution in [3.8, 4) is 11.4 Å². The molecule has 2 aromatic rings. The van der Waals surface area contributed by atoms with Gasteiger partial charge in [0, 0.05) is 6.07 Å². The van der Waals surface area contributed by atoms with E-state index in [-0.39, 0.29) is 23.3 Å². The molecule has 0 aliphatic carbocycles. The number of anilines is 2. The van der Waals surface area contributed by atoms with Gasteiger partial charge in [0.05, 0.1) is 5.69 Å². The fourth-order valence-corrected chi connectivity index (χ4v) is 1.34. The van der Waals surface area contributed by atoms with E-state index < -0.39 is 6.36 Å². The number of nitrogens with zero attached hydrogens (tertiary/aromatic N) is 3. The van der Waals surface area contributed by atoms with Gasteiger partial charge in [0.25, 0.3) is 0 Å². The Morgan fingerprint density at radius 1 is 1.22 bits per heavy atom. The summed E-state index contributed by atoms with van der Waals surface area (Å²) in [6.45, 7) is 0. The second-order valence-electron chi connectivity index (χ2n) is 3.29. The van der Waals surface area contributed by atoms with Gasteiger partial charge in [0.2, 0.25) is 11.9 Å². The predicted molar refractivity (Wildman–Crippen MR) is 56.9 cm³/mol. The van der Waals surface area contributed by atoms with Gasteiger partial charge >= 0.3 is 6.36 Å². The highest BCUT2D eigenvalue weighted by Crippen LogP contribution is 2.25. The molecule has 0 aliphatic heterocycles. The molecule has 4 N–H and O–H groups in total. The van der Waals surface area contributed by atoms with Crippen molar-refractivity contribution in [2.75, 3.05) is 11.5 Å². The van der Waals surface area contributed by atoms with Crippen molar-refractivity contribution >= 4 is 11.9 Å². The summed E-state index contributed by atoms with van der Waals surface area (Å²) in [5.41, 5.74) is 11.1. The van der Waals surface area contributed by atoms with Gasteiger partial charge in [0.1, 0.15) is 5.75 Å². The lowest BCUT2D eigenvalue weighted by atomic mass is 10.3. The normalized spacial score (nSPS) is 11.5. The molecule has 0 aliphatic rings. The third-order valence-electron chi connectivity index (χ3n) is 1.94. The van der Waals surface area contributed by atoms with E-state index in [9.17, 15) is 13.2 Å². The molecule has 0 spiro atoms. The highest BCUT2D eigenvalue weighted by molar-refractivity contribution is 5.44. The Labute approximate surface area is 99.0 Å². The van der Waals surface area contributed by atoms with Crippen LogP contribution < -0.4 is 16.2 Å². The first-order valence-corrected chi connectivity index (χ1v) is 4.69. The minimum Gasteiger partial charge on any atom is -0.406 e. The van der Waals surface area contributed by atoms with Crippen molar-refractivity contribution in [3.05, 3.63) is 24.3 Å². The molecule has 9 heteroatoms. The Bertz CT molecular complexity index is 566. The number of halogens is 3. The number of alkyl halides is 3. The molecule has 96 valence electrons. The molecule has 0 bridgehead atoms. The first kappa shape index (κ1) is 12.0. The molecule has 0 fully saturated rings. The van der Waals surface area contributed by atoms with Crippen LogP contribution in [0.2, 0.25) is 0 Å². The molecule has 0 radical (unpaired) electrons. The van der Waals surface area contributed by atoms with Crippen LogP contribution in [0.15, 0.2) is 24.3 Å². The minimum atomic E-state index is -4.76. The lowest BCUT2D eigenvalue weighted by molar-refractivity contribution is -0.274. The van der Waals surface area contributed by atoms with Crippen LogP contribution in [-0.2, 0) is 0 Å². The molecule has 1 heterocycles. The predicted octanol–water partition coefficient (Wildman–Crippen LogP) is 1.33. The first-order valence-electron chi connectivity index (χ1n) is 4.69. The zero-order valence-corrected chi connectivity index (χ0v) is 8.85. The third kappa shape index (κ3) is 2.62. The van der Waals surface area contributed by atoms with E-state index in [1.807, 2.05) is 0 Å². The van der Waals surface area contributed by atoms with E-state index in [1.54, 1.807) is 0 Å². The lowest BCUT2D eigenvalue weighted by Gasteiger charge is -2.10. The summed E-state index contributed by atoms with van der Waals surface area (Å²) >= 11 is 0. The van der Waals surface area contributed by atoms with Crippen LogP contribution >= 0.6 is 0 Å². The number of aromatic nitrogens is 3. The van der Waals surface area contributed by atoms with E-state index in [0.717, 1.165) is 16.8 Å². The lowest BCUT2D eigenvalue weighted by Crippen LogP contribution is -2.17. The molecule has 2 rings (SSSR count). The molecule has 18 heavy (non-hydrogen) atoms. The zero-order valence-electron chi connectivity index (χ0n) is 8.85. The van der Waals surface area contributed by atoms with Gasteiger partial charge in [-0.25, -0.2) is 0 Å². The van der Waals surface area contributed by atoms with Crippen LogP contribution in [0.4, 0.5) is 25.1 Å². The van der Waals surface area contributed by atoms with Gasteiger partial charge in [-0.3, -0.25) is 0 Å². The van der Waals surface area contributed by atoms with Crippen molar-refractivity contribution in [2.45, 2.75) is 6.36 Å². The average Bonchev–Trinajstić information content (AvgIpc) is 2.55. The van der Waals surface area contributed by atoms with E-state index in [0.29, 0.717) is 0 Å². The van der Waals surface area contributed by atoms with Crippen molar-refractivity contribution in [1.29, 1.82) is 0 Å². The van der Waals surface area contributed by atoms with Crippen molar-refractivity contribution < 1.29 is 17.9 Å². The van der Waals surface area contributed by atoms with E-state index in [2.05, 4.69) is 14.8 Å². The Hall–Kier alpha value is -2.45. The smallest absolute Gasteiger partial charge is 0.406 e. The van der Waals surface area contributed by atoms with Crippen LogP contribution in [0.1, 0.15) is 0 Å². The summed E-state index contributed by atoms with van der Waals surface area (Å²) in [5.74, 6) is -0.486. The number of ether oxygens (including phenoxy) is 1. The van der Waals surface area contributed by atoms with E-state index in [4.69, 9.17) is 11.5 Å². The summed E-state index contributed by atoms with van der Waals surface area (Å²) in [5, 5.41) is 3.74. The third-order valence-corrected chi connectivity index (χ3v) is 1.94. The molecule has 1 aromatic heterocycles. The van der Waals surface area contributed by atoms with Crippen LogP contribution in [0.3, 0.4) is 0 Å². The molecule has 0 saturated heterocycles. The van der Waals surface area contributed by atoms with Gasteiger partial charge < -0.3 is 16.2 Å². The van der Waals surface area contributed by atoms with Gasteiger partial charge in [-0.1, -0.05) is 6.07 Å². The molecule has 6 nitrogen and oxygen atoms in total. The second-order valence-corrected chi connectivity index (χ2v) is 3.29. The van der Waals surface area contributed by atoms with Crippen molar-refractivity contribution in [3.63, 3.8) is 0 Å². The first-order chi connectivity index (χ1) is 8.35. The molecule has 0 saturated carbocycles. The topological polar surface area (TPSA) is 92.0 Å². The number of benzene rings is 1. The van der Waals surface area contributed by atoms with Crippen LogP contribution in [0.25, 0.3) is 5.69 Å². The quantitative estimate of drug-likeness (QED) is 0.848. The SMILES string of the molecule is Nc1nc(N)n(-c2cccc(OC(F)(F)F)c2)n1. The average molecular weight is 259 g/mol. The van der Waals surface area contributed by atoms with Crippen LogP contribution in [0, 0.1) is 0 Å². The largest absolute Gasteiger partial charge is 0.573 e. The zero-order chi connectivity index (χ0) is 13.3. The monoisotopic (exact) mass is 259 g/mol. The summed E-state index contributed by atoms with van der Waals surface area (Å²) in [6, 6.07) is 5.15. The summed E-state index contributed by atoms with van der Waals surface area (Å²) in [4.78, 5) is 3.64. The molecular formula is C9H8F3N5O. The Kier molecular flexibility index (Phi) is 2.73. The maximum atomic E-state index is 12.1. The fourth-order valence-electron chi connectivity index (χ4n) is 1.34. The van der Waals surface area contributed by atoms with Crippen LogP contribution in [0.5, 0.6) is 5.75 Å². The second kappa shape index (κ2) is 4.09. The summed E-state index contributed by atoms with van der Waals surface area (Å²) < 4.78 is 41.1. The Morgan fingerprint density at radius 3 is 2.50 bits per heavy atom. The maximum absolute atomic E-state index is 12.1.